The minimum atomic E-state index is -0.718. The monoisotopic (exact) mass is 474 g/mol. The van der Waals surface area contributed by atoms with Gasteiger partial charge in [-0.2, -0.15) is 0 Å². The summed E-state index contributed by atoms with van der Waals surface area (Å²) in [6.07, 6.45) is 2.00. The predicted octanol–water partition coefficient (Wildman–Crippen LogP) is 2.30. The Morgan fingerprint density at radius 3 is 2.49 bits per heavy atom. The van der Waals surface area contributed by atoms with Gasteiger partial charge in [0, 0.05) is 26.1 Å². The number of benzene rings is 2. The van der Waals surface area contributed by atoms with E-state index in [4.69, 9.17) is 4.74 Å². The molecule has 0 radical (unpaired) electrons. The normalized spacial score (nSPS) is 19.2. The fraction of sp³-hybridized carbons (Fsp3) is 0.407. The summed E-state index contributed by atoms with van der Waals surface area (Å²) >= 11 is 0. The zero-order valence-electron chi connectivity index (χ0n) is 20.0. The minimum Gasteiger partial charge on any atom is -0.379 e. The van der Waals surface area contributed by atoms with Crippen LogP contribution in [0, 0.1) is 6.92 Å². The molecular formula is C27H30N4O4. The highest BCUT2D eigenvalue weighted by molar-refractivity contribution is 5.99. The first kappa shape index (κ1) is 23.4. The average molecular weight is 475 g/mol. The number of piperidine rings is 1. The van der Waals surface area contributed by atoms with Crippen LogP contribution in [0.2, 0.25) is 0 Å². The number of imide groups is 1. The van der Waals surface area contributed by atoms with Crippen molar-refractivity contribution < 1.29 is 14.3 Å². The summed E-state index contributed by atoms with van der Waals surface area (Å²) in [5.41, 5.74) is 3.82. The van der Waals surface area contributed by atoms with Crippen molar-refractivity contribution in [3.8, 4) is 0 Å². The molecular weight excluding hydrogens is 444 g/mol. The number of aromatic nitrogens is 2. The van der Waals surface area contributed by atoms with Crippen molar-refractivity contribution in [1.82, 2.24) is 19.8 Å². The van der Waals surface area contributed by atoms with Crippen LogP contribution in [0.25, 0.3) is 10.9 Å². The first-order chi connectivity index (χ1) is 17.0. The van der Waals surface area contributed by atoms with Gasteiger partial charge in [-0.3, -0.25) is 29.2 Å². The van der Waals surface area contributed by atoms with Crippen LogP contribution in [0.3, 0.4) is 0 Å². The molecule has 3 heterocycles. The van der Waals surface area contributed by atoms with Crippen LogP contribution in [-0.2, 0) is 33.7 Å². The van der Waals surface area contributed by atoms with Gasteiger partial charge in [0.15, 0.2) is 0 Å². The SMILES string of the molecule is Cc1nc2cccc(CCc3ccc(CN4CCOCC4)cc3)c2c(=O)n1C1CCC(=O)NC1=O. The maximum atomic E-state index is 13.6. The number of carbonyl (C=O) groups excluding carboxylic acids is 2. The molecule has 182 valence electrons. The molecule has 1 atom stereocenters. The Morgan fingerprint density at radius 1 is 1.00 bits per heavy atom. The van der Waals surface area contributed by atoms with E-state index in [9.17, 15) is 14.4 Å². The largest absolute Gasteiger partial charge is 0.379 e. The molecule has 2 amide bonds. The molecule has 2 saturated heterocycles. The zero-order chi connectivity index (χ0) is 24.4. The van der Waals surface area contributed by atoms with Crippen molar-refractivity contribution >= 4 is 22.7 Å². The Labute approximate surface area is 203 Å². The molecule has 1 aromatic heterocycles. The Kier molecular flexibility index (Phi) is 6.74. The minimum absolute atomic E-state index is 0.212. The molecule has 35 heavy (non-hydrogen) atoms. The number of rotatable bonds is 6. The fourth-order valence-electron chi connectivity index (χ4n) is 5.03. The number of carbonyl (C=O) groups is 2. The second-order valence-corrected chi connectivity index (χ2v) is 9.32. The molecule has 0 saturated carbocycles. The highest BCUT2D eigenvalue weighted by Gasteiger charge is 2.30. The molecule has 0 spiro atoms. The van der Waals surface area contributed by atoms with Gasteiger partial charge in [-0.15, -0.1) is 0 Å². The number of hydrogen-bond donors (Lipinski definition) is 1. The molecule has 2 aromatic carbocycles. The van der Waals surface area contributed by atoms with Crippen LogP contribution in [-0.4, -0.2) is 52.6 Å². The first-order valence-electron chi connectivity index (χ1n) is 12.2. The van der Waals surface area contributed by atoms with Crippen LogP contribution in [0.15, 0.2) is 47.3 Å². The van der Waals surface area contributed by atoms with Crippen molar-refractivity contribution in [1.29, 1.82) is 0 Å². The molecule has 5 rings (SSSR count). The summed E-state index contributed by atoms with van der Waals surface area (Å²) in [6.45, 7) is 6.18. The summed E-state index contributed by atoms with van der Waals surface area (Å²) in [4.78, 5) is 44.7. The van der Waals surface area contributed by atoms with Crippen LogP contribution in [0.1, 0.15) is 41.4 Å². The van der Waals surface area contributed by atoms with Crippen molar-refractivity contribution in [2.75, 3.05) is 26.3 Å². The third-order valence-electron chi connectivity index (χ3n) is 6.93. The third kappa shape index (κ3) is 5.04. The van der Waals surface area contributed by atoms with Crippen molar-refractivity contribution in [3.63, 3.8) is 0 Å². The predicted molar refractivity (Wildman–Crippen MR) is 132 cm³/mol. The Balaban J connectivity index is 1.36. The lowest BCUT2D eigenvalue weighted by Crippen LogP contribution is -2.45. The smallest absolute Gasteiger partial charge is 0.262 e. The number of nitrogens with one attached hydrogen (secondary N) is 1. The number of hydrogen-bond acceptors (Lipinski definition) is 6. The lowest BCUT2D eigenvalue weighted by Gasteiger charge is -2.26. The Bertz CT molecular complexity index is 1310. The summed E-state index contributed by atoms with van der Waals surface area (Å²) < 4.78 is 6.88. The fourth-order valence-corrected chi connectivity index (χ4v) is 5.03. The molecule has 1 unspecified atom stereocenters. The number of amides is 2. The number of morpholine rings is 1. The van der Waals surface area contributed by atoms with Gasteiger partial charge in [0.2, 0.25) is 11.8 Å². The van der Waals surface area contributed by atoms with Gasteiger partial charge in [-0.1, -0.05) is 36.4 Å². The molecule has 0 aliphatic carbocycles. The van der Waals surface area contributed by atoms with Crippen molar-refractivity contribution in [2.24, 2.45) is 0 Å². The van der Waals surface area contributed by atoms with E-state index in [1.165, 1.54) is 15.7 Å². The molecule has 1 N–H and O–H groups in total. The topological polar surface area (TPSA) is 93.5 Å². The van der Waals surface area contributed by atoms with Crippen LogP contribution in [0.5, 0.6) is 0 Å². The molecule has 3 aromatic rings. The van der Waals surface area contributed by atoms with E-state index < -0.39 is 11.9 Å². The summed E-state index contributed by atoms with van der Waals surface area (Å²) in [7, 11) is 0. The Morgan fingerprint density at radius 2 is 1.74 bits per heavy atom. The standard InChI is InChI=1S/C27H30N4O4/c1-18-28-22-4-2-3-21(25(22)27(34)31(18)23-11-12-24(32)29-26(23)33)10-9-19-5-7-20(8-6-19)17-30-13-15-35-16-14-30/h2-8,23H,9-17H2,1H3,(H,29,32,33). The molecule has 2 aliphatic rings. The number of nitrogens with zero attached hydrogens (tertiary/aromatic N) is 3. The molecule has 0 bridgehead atoms. The van der Waals surface area contributed by atoms with Gasteiger partial charge in [0.05, 0.1) is 24.1 Å². The summed E-state index contributed by atoms with van der Waals surface area (Å²) in [6, 6.07) is 13.7. The maximum absolute atomic E-state index is 13.6. The first-order valence-corrected chi connectivity index (χ1v) is 12.2. The second-order valence-electron chi connectivity index (χ2n) is 9.32. The quantitative estimate of drug-likeness (QED) is 0.551. The van der Waals surface area contributed by atoms with Gasteiger partial charge >= 0.3 is 0 Å². The van der Waals surface area contributed by atoms with Gasteiger partial charge in [0.1, 0.15) is 11.9 Å². The molecule has 2 aliphatic heterocycles. The van der Waals surface area contributed by atoms with E-state index in [2.05, 4.69) is 39.5 Å². The van der Waals surface area contributed by atoms with E-state index >= 15 is 0 Å². The Hall–Kier alpha value is -3.36. The van der Waals surface area contributed by atoms with E-state index in [1.807, 2.05) is 18.2 Å². The van der Waals surface area contributed by atoms with Crippen molar-refractivity contribution in [2.45, 2.75) is 45.2 Å². The van der Waals surface area contributed by atoms with Crippen LogP contribution in [0.4, 0.5) is 0 Å². The van der Waals surface area contributed by atoms with Gasteiger partial charge < -0.3 is 4.74 Å². The highest BCUT2D eigenvalue weighted by Crippen LogP contribution is 2.22. The van der Waals surface area contributed by atoms with E-state index in [1.54, 1.807) is 6.92 Å². The lowest BCUT2D eigenvalue weighted by molar-refractivity contribution is -0.135. The molecule has 8 nitrogen and oxygen atoms in total. The number of ether oxygens (including phenoxy) is 1. The van der Waals surface area contributed by atoms with Gasteiger partial charge in [-0.25, -0.2) is 4.98 Å². The molecule has 8 heteroatoms. The molecule has 2 fully saturated rings. The number of aryl methyl sites for hydroxylation is 3. The van der Waals surface area contributed by atoms with Crippen LogP contribution < -0.4 is 10.9 Å². The average Bonchev–Trinajstić information content (AvgIpc) is 2.85. The van der Waals surface area contributed by atoms with E-state index in [-0.39, 0.29) is 17.9 Å². The van der Waals surface area contributed by atoms with E-state index in [0.29, 0.717) is 29.6 Å². The summed E-state index contributed by atoms with van der Waals surface area (Å²) in [5.74, 6) is -0.269. The maximum Gasteiger partial charge on any atom is 0.262 e. The van der Waals surface area contributed by atoms with Gasteiger partial charge in [-0.05, 0) is 48.9 Å². The highest BCUT2D eigenvalue weighted by atomic mass is 16.5. The third-order valence-corrected chi connectivity index (χ3v) is 6.93. The van der Waals surface area contributed by atoms with Gasteiger partial charge in [0.25, 0.3) is 5.56 Å². The lowest BCUT2D eigenvalue weighted by atomic mass is 9.99. The van der Waals surface area contributed by atoms with E-state index in [0.717, 1.165) is 44.8 Å². The van der Waals surface area contributed by atoms with Crippen molar-refractivity contribution in [3.05, 3.63) is 75.3 Å². The summed E-state index contributed by atoms with van der Waals surface area (Å²) in [5, 5.41) is 2.90. The second kappa shape index (κ2) is 10.1. The number of fused-ring (bicyclic) bond motifs is 1. The van der Waals surface area contributed by atoms with Crippen LogP contribution >= 0.6 is 0 Å². The zero-order valence-corrected chi connectivity index (χ0v) is 20.0.